The molecule has 2 N–H and O–H groups in total. The molecule has 7 unspecified atom stereocenters. The van der Waals surface area contributed by atoms with E-state index in [2.05, 4.69) is 36.2 Å². The van der Waals surface area contributed by atoms with E-state index in [1.807, 2.05) is 0 Å². The van der Waals surface area contributed by atoms with Crippen LogP contribution in [0.2, 0.25) is 0 Å². The number of nitrogens with one attached hydrogen (secondary N) is 2. The van der Waals surface area contributed by atoms with Gasteiger partial charge < -0.3 is 10.6 Å². The minimum absolute atomic E-state index is 0.215. The van der Waals surface area contributed by atoms with E-state index >= 15 is 0 Å². The van der Waals surface area contributed by atoms with Gasteiger partial charge in [0.25, 0.3) is 0 Å². The van der Waals surface area contributed by atoms with Gasteiger partial charge >= 0.3 is 0 Å². The van der Waals surface area contributed by atoms with Gasteiger partial charge in [-0.1, -0.05) is 39.5 Å². The first-order valence-electron chi connectivity index (χ1n) is 12.4. The van der Waals surface area contributed by atoms with E-state index in [0.29, 0.717) is 29.0 Å². The summed E-state index contributed by atoms with van der Waals surface area (Å²) in [5, 5.41) is 8.67. The summed E-state index contributed by atoms with van der Waals surface area (Å²) in [6.45, 7) is 5.43. The van der Waals surface area contributed by atoms with E-state index in [-0.39, 0.29) is 16.7 Å². The zero-order valence-electron chi connectivity index (χ0n) is 18.9. The maximum Gasteiger partial charge on any atom is 0.220 e. The van der Waals surface area contributed by atoms with Crippen LogP contribution in [-0.2, 0) is 4.79 Å². The molecule has 7 atom stereocenters. The minimum atomic E-state index is 0.215. The molecule has 3 rings (SSSR count). The third kappa shape index (κ3) is 7.46. The first-order valence-corrected chi connectivity index (χ1v) is 14.2. The lowest BCUT2D eigenvalue weighted by Gasteiger charge is -2.36. The van der Waals surface area contributed by atoms with Crippen LogP contribution in [0.1, 0.15) is 90.9 Å². The molecule has 3 fully saturated rings. The molecule has 0 spiro atoms. The van der Waals surface area contributed by atoms with Crippen molar-refractivity contribution in [1.82, 2.24) is 10.6 Å². The van der Waals surface area contributed by atoms with Crippen LogP contribution in [0.3, 0.4) is 0 Å². The smallest absolute Gasteiger partial charge is 0.220 e. The second-order valence-electron chi connectivity index (χ2n) is 10.0. The van der Waals surface area contributed by atoms with Crippen LogP contribution in [0, 0.1) is 11.8 Å². The van der Waals surface area contributed by atoms with Gasteiger partial charge in [0.15, 0.2) is 0 Å². The second kappa shape index (κ2) is 12.6. The Kier molecular flexibility index (Phi) is 10.5. The number of alkyl halides is 2. The van der Waals surface area contributed by atoms with Crippen LogP contribution in [0.5, 0.6) is 0 Å². The highest BCUT2D eigenvalue weighted by Crippen LogP contribution is 2.46. The van der Waals surface area contributed by atoms with Gasteiger partial charge in [-0.05, 0) is 56.8 Å². The lowest BCUT2D eigenvalue weighted by molar-refractivity contribution is -0.121. The molecule has 0 radical (unpaired) electrons. The van der Waals surface area contributed by atoms with Gasteiger partial charge in [-0.3, -0.25) is 4.79 Å². The summed E-state index contributed by atoms with van der Waals surface area (Å²) in [4.78, 5) is 12.4. The number of rotatable bonds is 10. The third-order valence-electron chi connectivity index (χ3n) is 7.35. The minimum Gasteiger partial charge on any atom is -0.356 e. The van der Waals surface area contributed by atoms with E-state index in [0.717, 1.165) is 50.5 Å². The zero-order chi connectivity index (χ0) is 21.5. The average molecular weight is 478 g/mol. The molecule has 174 valence electrons. The van der Waals surface area contributed by atoms with Crippen molar-refractivity contribution in [3.63, 3.8) is 0 Å². The maximum atomic E-state index is 12.4. The van der Waals surface area contributed by atoms with Crippen molar-refractivity contribution in [2.24, 2.45) is 11.8 Å². The Morgan fingerprint density at radius 1 is 1.07 bits per heavy atom. The zero-order valence-corrected chi connectivity index (χ0v) is 21.2. The van der Waals surface area contributed by atoms with Gasteiger partial charge in [-0.2, -0.15) is 11.8 Å². The summed E-state index contributed by atoms with van der Waals surface area (Å²) < 4.78 is 0. The Labute approximate surface area is 198 Å². The van der Waals surface area contributed by atoms with Crippen LogP contribution in [0.15, 0.2) is 0 Å². The lowest BCUT2D eigenvalue weighted by Crippen LogP contribution is -2.36. The molecule has 1 saturated heterocycles. The molecule has 6 heteroatoms. The number of carbonyl (C=O) groups is 1. The molecule has 2 saturated carbocycles. The van der Waals surface area contributed by atoms with Crippen molar-refractivity contribution in [2.45, 2.75) is 124 Å². The van der Waals surface area contributed by atoms with E-state index in [1.54, 1.807) is 0 Å². The lowest BCUT2D eigenvalue weighted by atomic mass is 9.79. The Hall–Kier alpha value is 0.360. The van der Waals surface area contributed by atoms with Crippen molar-refractivity contribution < 1.29 is 4.79 Å². The molecule has 0 aromatic carbocycles. The number of amides is 1. The van der Waals surface area contributed by atoms with Crippen LogP contribution < -0.4 is 10.6 Å². The Bertz CT molecular complexity index is 527. The summed E-state index contributed by atoms with van der Waals surface area (Å²) in [6.07, 6.45) is 13.4. The number of thioether (sulfide) groups is 1. The quantitative estimate of drug-likeness (QED) is 0.295. The summed E-state index contributed by atoms with van der Waals surface area (Å²) in [5.74, 6) is 1.76. The molecule has 0 aromatic rings. The monoisotopic (exact) mass is 476 g/mol. The van der Waals surface area contributed by atoms with E-state index < -0.39 is 0 Å². The van der Waals surface area contributed by atoms with Gasteiger partial charge in [-0.25, -0.2) is 0 Å². The molecule has 2 aliphatic carbocycles. The van der Waals surface area contributed by atoms with Gasteiger partial charge in [-0.15, -0.1) is 23.2 Å². The maximum absolute atomic E-state index is 12.4. The Balaban J connectivity index is 1.52. The number of hydrogen-bond acceptors (Lipinski definition) is 3. The number of hydrogen-bond donors (Lipinski definition) is 2. The van der Waals surface area contributed by atoms with Gasteiger partial charge in [0.1, 0.15) is 0 Å². The first kappa shape index (κ1) is 25.0. The average Bonchev–Trinajstić information content (AvgIpc) is 3.01. The highest BCUT2D eigenvalue weighted by molar-refractivity contribution is 8.00. The fourth-order valence-electron chi connectivity index (χ4n) is 5.73. The SMILES string of the molecule is CCCCCCNC(=O)CCC1NC2CC(C)CCC2C1SC1CC(Cl)CC(Cl)C1. The Morgan fingerprint density at radius 2 is 1.83 bits per heavy atom. The molecule has 30 heavy (non-hydrogen) atoms. The summed E-state index contributed by atoms with van der Waals surface area (Å²) in [5.41, 5.74) is 0. The van der Waals surface area contributed by atoms with Crippen LogP contribution in [-0.4, -0.2) is 45.8 Å². The molecule has 3 aliphatic rings. The van der Waals surface area contributed by atoms with E-state index in [4.69, 9.17) is 23.2 Å². The number of halogens is 2. The molecule has 3 nitrogen and oxygen atoms in total. The van der Waals surface area contributed by atoms with Crippen LogP contribution >= 0.6 is 35.0 Å². The number of carbonyl (C=O) groups excluding carboxylic acids is 1. The number of unbranched alkanes of at least 4 members (excludes halogenated alkanes) is 3. The predicted octanol–water partition coefficient (Wildman–Crippen LogP) is 6.11. The molecule has 0 bridgehead atoms. The molecular formula is C24H42Cl2N2OS. The number of fused-ring (bicyclic) bond motifs is 1. The van der Waals surface area contributed by atoms with E-state index in [9.17, 15) is 4.79 Å². The van der Waals surface area contributed by atoms with Crippen molar-refractivity contribution in [3.05, 3.63) is 0 Å². The van der Waals surface area contributed by atoms with Crippen molar-refractivity contribution in [3.8, 4) is 0 Å². The van der Waals surface area contributed by atoms with Crippen molar-refractivity contribution >= 4 is 40.9 Å². The molecule has 1 heterocycles. The molecule has 1 amide bonds. The van der Waals surface area contributed by atoms with Gasteiger partial charge in [0.05, 0.1) is 0 Å². The van der Waals surface area contributed by atoms with Crippen LogP contribution in [0.25, 0.3) is 0 Å². The van der Waals surface area contributed by atoms with Crippen molar-refractivity contribution in [2.75, 3.05) is 6.54 Å². The first-order chi connectivity index (χ1) is 14.5. The molecular weight excluding hydrogens is 435 g/mol. The highest BCUT2D eigenvalue weighted by atomic mass is 35.5. The standard InChI is InChI=1S/C24H42Cl2N2OS/c1-3-4-5-6-11-27-23(29)10-9-21-24(20-8-7-16(2)12-22(20)28-21)30-19-14-17(25)13-18(26)15-19/h16-22,24,28H,3-15H2,1-2H3,(H,27,29). The molecule has 0 aromatic heterocycles. The fourth-order valence-corrected chi connectivity index (χ4v) is 8.95. The van der Waals surface area contributed by atoms with Crippen LogP contribution in [0.4, 0.5) is 0 Å². The normalized spacial score (nSPS) is 38.9. The summed E-state index contributed by atoms with van der Waals surface area (Å²) in [7, 11) is 0. The summed E-state index contributed by atoms with van der Waals surface area (Å²) >= 11 is 15.1. The molecule has 1 aliphatic heterocycles. The largest absolute Gasteiger partial charge is 0.356 e. The third-order valence-corrected chi connectivity index (χ3v) is 9.82. The van der Waals surface area contributed by atoms with Gasteiger partial charge in [0, 0.05) is 46.3 Å². The predicted molar refractivity (Wildman–Crippen MR) is 132 cm³/mol. The topological polar surface area (TPSA) is 41.1 Å². The van der Waals surface area contributed by atoms with Crippen molar-refractivity contribution in [1.29, 1.82) is 0 Å². The highest BCUT2D eigenvalue weighted by Gasteiger charge is 2.46. The Morgan fingerprint density at radius 3 is 2.57 bits per heavy atom. The fraction of sp³-hybridized carbons (Fsp3) is 0.958. The summed E-state index contributed by atoms with van der Waals surface area (Å²) in [6, 6.07) is 1.06. The second-order valence-corrected chi connectivity index (χ2v) is 12.8. The van der Waals surface area contributed by atoms with Gasteiger partial charge in [0.2, 0.25) is 5.91 Å². The van der Waals surface area contributed by atoms with E-state index in [1.165, 1.54) is 38.5 Å².